The van der Waals surface area contributed by atoms with Crippen molar-refractivity contribution in [2.45, 2.75) is 303 Å². The second kappa shape index (κ2) is 60.0. The van der Waals surface area contributed by atoms with Crippen molar-refractivity contribution < 1.29 is 52.2 Å². The van der Waals surface area contributed by atoms with Crippen molar-refractivity contribution in [3.05, 3.63) is 72.9 Å². The van der Waals surface area contributed by atoms with Crippen LogP contribution in [0.25, 0.3) is 0 Å². The van der Waals surface area contributed by atoms with Crippen molar-refractivity contribution in [2.75, 3.05) is 26.4 Å². The van der Waals surface area contributed by atoms with Gasteiger partial charge in [0.25, 0.3) is 0 Å². The van der Waals surface area contributed by atoms with Gasteiger partial charge < -0.3 is 24.2 Å². The molecule has 0 aromatic carbocycles. The molecule has 0 rings (SSSR count). The molecule has 3 atom stereocenters. The zero-order valence-electron chi connectivity index (χ0n) is 50.1. The SMILES string of the molecule is CC/C=C\C/C=C\C/C=C\CCCCCCCCCC(=O)OC(COC(=O)CCCCCCCCC/C=C\CCCCCCCC)COP(=O)(O)OCC(CO)OC(=O)CCCCCCCCC/C=C\C/C=C\CCCCC. The third-order valence-corrected chi connectivity index (χ3v) is 14.5. The molecule has 0 aliphatic carbocycles. The molecule has 452 valence electrons. The van der Waals surface area contributed by atoms with Crippen molar-refractivity contribution in [2.24, 2.45) is 0 Å². The van der Waals surface area contributed by atoms with Crippen LogP contribution in [0.4, 0.5) is 0 Å². The number of esters is 3. The molecule has 0 radical (unpaired) electrons. The van der Waals surface area contributed by atoms with Crippen LogP contribution in [0.15, 0.2) is 72.9 Å². The van der Waals surface area contributed by atoms with Gasteiger partial charge in [-0.25, -0.2) is 4.57 Å². The standard InChI is InChI=1S/C66H117O11P/c1-4-7-10-13-16-19-22-25-28-31-34-37-40-43-46-49-52-55-64(68)73-59-63(77-66(70)57-54-51-48-45-42-39-36-33-30-27-24-21-18-15-12-9-6-3)61-75-78(71,72)74-60-62(58-67)76-65(69)56-53-50-47-44-41-38-35-32-29-26-23-20-17-14-11-8-5-2/h9,12,17-18,20-21,25-30,62-63,67H,4-8,10-11,13-16,19,22-24,31-61H2,1-3H3,(H,71,72)/b12-9-,20-17-,21-18-,28-25-,29-26-,30-27-. The first-order valence-electron chi connectivity index (χ1n) is 31.8. The third kappa shape index (κ3) is 57.6. The Morgan fingerprint density at radius 2 is 0.667 bits per heavy atom. The minimum atomic E-state index is -4.76. The zero-order chi connectivity index (χ0) is 56.9. The second-order valence-electron chi connectivity index (χ2n) is 21.2. The Kier molecular flexibility index (Phi) is 57.7. The minimum absolute atomic E-state index is 0.154. The van der Waals surface area contributed by atoms with Crippen LogP contribution in [0.2, 0.25) is 0 Å². The number of ether oxygens (including phenoxy) is 3. The average Bonchev–Trinajstić information content (AvgIpc) is 3.43. The summed E-state index contributed by atoms with van der Waals surface area (Å²) in [6.45, 7) is 4.52. The van der Waals surface area contributed by atoms with Gasteiger partial charge in [0.1, 0.15) is 12.7 Å². The highest BCUT2D eigenvalue weighted by Gasteiger charge is 2.28. The maximum atomic E-state index is 12.9. The highest BCUT2D eigenvalue weighted by Crippen LogP contribution is 2.43. The predicted octanol–water partition coefficient (Wildman–Crippen LogP) is 19.3. The van der Waals surface area contributed by atoms with Crippen LogP contribution >= 0.6 is 7.82 Å². The number of hydrogen-bond acceptors (Lipinski definition) is 10. The molecule has 0 aliphatic heterocycles. The quantitative estimate of drug-likeness (QED) is 0.0197. The molecule has 0 aromatic heterocycles. The molecular weight excluding hydrogens is 1000 g/mol. The molecule has 0 spiro atoms. The Morgan fingerprint density at radius 3 is 1.06 bits per heavy atom. The molecule has 78 heavy (non-hydrogen) atoms. The van der Waals surface area contributed by atoms with E-state index in [9.17, 15) is 28.9 Å². The normalized spacial score (nSPS) is 13.8. The maximum absolute atomic E-state index is 12.9. The van der Waals surface area contributed by atoms with Gasteiger partial charge >= 0.3 is 25.7 Å². The summed E-state index contributed by atoms with van der Waals surface area (Å²) in [4.78, 5) is 48.7. The monoisotopic (exact) mass is 1120 g/mol. The van der Waals surface area contributed by atoms with E-state index in [1.807, 2.05) is 0 Å². The number of carbonyl (C=O) groups is 3. The van der Waals surface area contributed by atoms with Crippen LogP contribution in [0.3, 0.4) is 0 Å². The highest BCUT2D eigenvalue weighted by atomic mass is 31.2. The van der Waals surface area contributed by atoms with E-state index in [-0.39, 0.29) is 25.9 Å². The topological polar surface area (TPSA) is 155 Å². The second-order valence-corrected chi connectivity index (χ2v) is 22.6. The van der Waals surface area contributed by atoms with Gasteiger partial charge in [0.15, 0.2) is 6.10 Å². The molecule has 12 heteroatoms. The summed E-state index contributed by atoms with van der Waals surface area (Å²) in [5, 5.41) is 9.85. The smallest absolute Gasteiger partial charge is 0.462 e. The zero-order valence-corrected chi connectivity index (χ0v) is 51.0. The van der Waals surface area contributed by atoms with Crippen molar-refractivity contribution in [1.29, 1.82) is 0 Å². The molecule has 0 amide bonds. The van der Waals surface area contributed by atoms with Crippen molar-refractivity contribution >= 4 is 25.7 Å². The average molecular weight is 1120 g/mol. The summed E-state index contributed by atoms with van der Waals surface area (Å²) >= 11 is 0. The molecular formula is C66H117O11P. The van der Waals surface area contributed by atoms with Gasteiger partial charge in [-0.2, -0.15) is 0 Å². The lowest BCUT2D eigenvalue weighted by Crippen LogP contribution is -2.30. The van der Waals surface area contributed by atoms with E-state index in [0.29, 0.717) is 19.3 Å². The van der Waals surface area contributed by atoms with Crippen LogP contribution in [0.1, 0.15) is 290 Å². The van der Waals surface area contributed by atoms with Crippen LogP contribution < -0.4 is 0 Å². The number of rotatable bonds is 59. The van der Waals surface area contributed by atoms with Gasteiger partial charge in [0.2, 0.25) is 0 Å². The molecule has 2 N–H and O–H groups in total. The molecule has 0 saturated heterocycles. The third-order valence-electron chi connectivity index (χ3n) is 13.6. The van der Waals surface area contributed by atoms with Gasteiger partial charge in [-0.3, -0.25) is 23.4 Å². The van der Waals surface area contributed by atoms with E-state index >= 15 is 0 Å². The number of phosphoric acid groups is 1. The molecule has 11 nitrogen and oxygen atoms in total. The fraction of sp³-hybridized carbons (Fsp3) is 0.773. The minimum Gasteiger partial charge on any atom is -0.462 e. The van der Waals surface area contributed by atoms with Crippen LogP contribution in [-0.2, 0) is 42.2 Å². The number of unbranched alkanes of at least 4 members (excludes halogenated alkanes) is 30. The Bertz CT molecular complexity index is 1590. The van der Waals surface area contributed by atoms with Gasteiger partial charge in [0.05, 0.1) is 19.8 Å². The van der Waals surface area contributed by atoms with E-state index in [2.05, 4.69) is 93.7 Å². The van der Waals surface area contributed by atoms with Crippen LogP contribution in [-0.4, -0.2) is 66.5 Å². The van der Waals surface area contributed by atoms with Gasteiger partial charge in [-0.15, -0.1) is 0 Å². The van der Waals surface area contributed by atoms with Crippen molar-refractivity contribution in [3.63, 3.8) is 0 Å². The lowest BCUT2D eigenvalue weighted by Gasteiger charge is -2.21. The molecule has 3 unspecified atom stereocenters. The summed E-state index contributed by atoms with van der Waals surface area (Å²) in [5.41, 5.74) is 0. The van der Waals surface area contributed by atoms with E-state index in [0.717, 1.165) is 122 Å². The lowest BCUT2D eigenvalue weighted by molar-refractivity contribution is -0.161. The van der Waals surface area contributed by atoms with E-state index < -0.39 is 57.8 Å². The fourth-order valence-corrected chi connectivity index (χ4v) is 9.53. The summed E-state index contributed by atoms with van der Waals surface area (Å²) in [6.07, 6.45) is 68.4. The maximum Gasteiger partial charge on any atom is 0.472 e. The van der Waals surface area contributed by atoms with Crippen LogP contribution in [0.5, 0.6) is 0 Å². The molecule has 0 bridgehead atoms. The lowest BCUT2D eigenvalue weighted by atomic mass is 10.1. The van der Waals surface area contributed by atoms with Gasteiger partial charge in [-0.05, 0) is 109 Å². The Balaban J connectivity index is 4.71. The summed E-state index contributed by atoms with van der Waals surface area (Å²) in [6, 6.07) is 0. The Morgan fingerprint density at radius 1 is 0.372 bits per heavy atom. The molecule has 0 aromatic rings. The largest absolute Gasteiger partial charge is 0.472 e. The number of hydrogen-bond donors (Lipinski definition) is 2. The predicted molar refractivity (Wildman–Crippen MR) is 325 cm³/mol. The Labute approximate surface area is 478 Å². The number of aliphatic hydroxyl groups is 1. The number of allylic oxidation sites excluding steroid dienone is 12. The first-order valence-corrected chi connectivity index (χ1v) is 33.3. The van der Waals surface area contributed by atoms with E-state index in [4.69, 9.17) is 23.3 Å². The number of carbonyl (C=O) groups excluding carboxylic acids is 3. The first-order chi connectivity index (χ1) is 38.2. The number of phosphoric ester groups is 1. The first kappa shape index (κ1) is 74.9. The van der Waals surface area contributed by atoms with Crippen molar-refractivity contribution in [1.82, 2.24) is 0 Å². The molecule has 0 fully saturated rings. The molecule has 0 heterocycles. The summed E-state index contributed by atoms with van der Waals surface area (Å²) in [7, 11) is -4.76. The van der Waals surface area contributed by atoms with Gasteiger partial charge in [0, 0.05) is 19.3 Å². The van der Waals surface area contributed by atoms with Crippen molar-refractivity contribution in [3.8, 4) is 0 Å². The summed E-state index contributed by atoms with van der Waals surface area (Å²) in [5.74, 6) is -1.48. The fourth-order valence-electron chi connectivity index (χ4n) is 8.75. The number of aliphatic hydroxyl groups excluding tert-OH is 1. The van der Waals surface area contributed by atoms with E-state index in [1.165, 1.54) is 109 Å². The molecule has 0 saturated carbocycles. The van der Waals surface area contributed by atoms with Crippen LogP contribution in [0, 0.1) is 0 Å². The Hall–Kier alpha value is -3.08. The van der Waals surface area contributed by atoms with E-state index in [1.54, 1.807) is 0 Å². The van der Waals surface area contributed by atoms with Gasteiger partial charge in [-0.1, -0.05) is 235 Å². The highest BCUT2D eigenvalue weighted by molar-refractivity contribution is 7.47. The summed E-state index contributed by atoms with van der Waals surface area (Å²) < 4.78 is 39.7. The molecule has 0 aliphatic rings.